The first-order valence-electron chi connectivity index (χ1n) is 7.10. The largest absolute Gasteiger partial charge is 0.504 e. The van der Waals surface area contributed by atoms with Crippen molar-refractivity contribution in [2.45, 2.75) is 19.4 Å². The molecule has 0 fully saturated rings. The van der Waals surface area contributed by atoms with E-state index in [0.717, 1.165) is 0 Å². The summed E-state index contributed by atoms with van der Waals surface area (Å²) in [5, 5.41) is 24.6. The molecule has 1 atom stereocenters. The van der Waals surface area contributed by atoms with E-state index < -0.39 is 5.60 Å². The number of aliphatic hydroxyl groups is 1. The summed E-state index contributed by atoms with van der Waals surface area (Å²) in [5.74, 6) is 0.472. The second-order valence-corrected chi connectivity index (χ2v) is 5.27. The van der Waals surface area contributed by atoms with Crippen LogP contribution < -0.4 is 4.74 Å². The molecule has 0 saturated heterocycles. The Kier molecular flexibility index (Phi) is 4.82. The summed E-state index contributed by atoms with van der Waals surface area (Å²) in [6, 6.07) is 5.22. The van der Waals surface area contributed by atoms with Gasteiger partial charge in [0.2, 0.25) is 0 Å². The summed E-state index contributed by atoms with van der Waals surface area (Å²) in [5.41, 5.74) is 0.130. The lowest BCUT2D eigenvalue weighted by molar-refractivity contribution is 0.0675. The highest BCUT2D eigenvalue weighted by Crippen LogP contribution is 2.28. The fraction of sp³-hybridized carbons (Fsp3) is 0.375. The van der Waals surface area contributed by atoms with Gasteiger partial charge in [0.15, 0.2) is 11.5 Å². The number of aromatic nitrogens is 2. The zero-order valence-corrected chi connectivity index (χ0v) is 13.0. The summed E-state index contributed by atoms with van der Waals surface area (Å²) < 4.78 is 6.95. The minimum Gasteiger partial charge on any atom is -0.504 e. The van der Waals surface area contributed by atoms with Gasteiger partial charge < -0.3 is 14.9 Å². The van der Waals surface area contributed by atoms with E-state index in [-0.39, 0.29) is 12.3 Å². The van der Waals surface area contributed by atoms with E-state index in [1.54, 1.807) is 49.2 Å². The average molecular weight is 303 g/mol. The molecule has 0 radical (unpaired) electrons. The summed E-state index contributed by atoms with van der Waals surface area (Å²) in [7, 11) is 1.79. The Bertz CT molecular complexity index is 662. The van der Waals surface area contributed by atoms with Crippen molar-refractivity contribution in [1.29, 1.82) is 0 Å². The van der Waals surface area contributed by atoms with Crippen LogP contribution in [0.25, 0.3) is 0 Å². The monoisotopic (exact) mass is 303 g/mol. The van der Waals surface area contributed by atoms with E-state index in [1.807, 2.05) is 6.92 Å². The van der Waals surface area contributed by atoms with Gasteiger partial charge in [-0.15, -0.1) is 0 Å². The van der Waals surface area contributed by atoms with Crippen molar-refractivity contribution in [3.63, 3.8) is 0 Å². The maximum Gasteiger partial charge on any atom is 0.166 e. The van der Waals surface area contributed by atoms with Gasteiger partial charge in [0, 0.05) is 30.6 Å². The summed E-state index contributed by atoms with van der Waals surface area (Å²) in [4.78, 5) is 4.23. The van der Waals surface area contributed by atoms with E-state index in [0.29, 0.717) is 23.5 Å². The lowest BCUT2D eigenvalue weighted by Gasteiger charge is -2.18. The molecule has 0 bridgehead atoms. The molecule has 2 N–H and O–H groups in total. The first-order chi connectivity index (χ1) is 10.4. The molecule has 0 saturated carbocycles. The van der Waals surface area contributed by atoms with Gasteiger partial charge in [0.05, 0.1) is 19.3 Å². The number of aryl methyl sites for hydroxylation is 1. The molecule has 2 rings (SSSR count). The third-order valence-corrected chi connectivity index (χ3v) is 3.29. The van der Waals surface area contributed by atoms with Gasteiger partial charge in [0.1, 0.15) is 5.60 Å². The summed E-state index contributed by atoms with van der Waals surface area (Å²) >= 11 is 0. The van der Waals surface area contributed by atoms with Crippen LogP contribution in [0.4, 0.5) is 0 Å². The molecule has 22 heavy (non-hydrogen) atoms. The van der Waals surface area contributed by atoms with E-state index in [2.05, 4.69) is 10.1 Å². The van der Waals surface area contributed by atoms with Crippen LogP contribution in [0.3, 0.4) is 0 Å². The van der Waals surface area contributed by atoms with Gasteiger partial charge in [-0.05, 0) is 26.0 Å². The molecule has 118 valence electrons. The van der Waals surface area contributed by atoms with Gasteiger partial charge in [0.25, 0.3) is 0 Å². The Morgan fingerprint density at radius 3 is 2.86 bits per heavy atom. The molecule has 0 amide bonds. The molecule has 1 unspecified atom stereocenters. The fourth-order valence-corrected chi connectivity index (χ4v) is 2.03. The van der Waals surface area contributed by atoms with Gasteiger partial charge in [-0.3, -0.25) is 9.67 Å². The van der Waals surface area contributed by atoms with Crippen molar-refractivity contribution in [3.05, 3.63) is 41.7 Å². The number of ether oxygens (including phenoxy) is 1. The minimum atomic E-state index is -1.11. The SMILES string of the molecule is CCOc1cccc(C=NCC(C)(O)c2cnn(C)c2)c1O. The topological polar surface area (TPSA) is 79.9 Å². The number of phenols is 1. The van der Waals surface area contributed by atoms with Crippen LogP contribution in [0.1, 0.15) is 25.0 Å². The van der Waals surface area contributed by atoms with E-state index in [1.165, 1.54) is 6.21 Å². The number of aliphatic imine (C=N–C) groups is 1. The number of hydrogen-bond donors (Lipinski definition) is 2. The standard InChI is InChI=1S/C16H21N3O3/c1-4-22-14-7-5-6-12(15(14)20)8-17-11-16(2,21)13-9-18-19(3)10-13/h5-10,20-21H,4,11H2,1-3H3. The highest BCUT2D eigenvalue weighted by atomic mass is 16.5. The van der Waals surface area contributed by atoms with Crippen LogP contribution in [0, 0.1) is 0 Å². The average Bonchev–Trinajstić information content (AvgIpc) is 2.90. The molecular weight excluding hydrogens is 282 g/mol. The zero-order valence-electron chi connectivity index (χ0n) is 13.0. The smallest absolute Gasteiger partial charge is 0.166 e. The molecule has 1 aromatic heterocycles. The predicted octanol–water partition coefficient (Wildman–Crippen LogP) is 1.85. The molecule has 6 heteroatoms. The number of rotatable bonds is 6. The third kappa shape index (κ3) is 3.65. The van der Waals surface area contributed by atoms with Crippen molar-refractivity contribution in [2.24, 2.45) is 12.0 Å². The van der Waals surface area contributed by atoms with Crippen LogP contribution in [0.15, 0.2) is 35.6 Å². The number of para-hydroxylation sites is 1. The van der Waals surface area contributed by atoms with Crippen molar-refractivity contribution >= 4 is 6.21 Å². The van der Waals surface area contributed by atoms with Crippen LogP contribution in [0.5, 0.6) is 11.5 Å². The summed E-state index contributed by atoms with van der Waals surface area (Å²) in [6.45, 7) is 4.17. The molecule has 1 heterocycles. The quantitative estimate of drug-likeness (QED) is 0.798. The molecule has 0 aliphatic rings. The number of hydrogen-bond acceptors (Lipinski definition) is 5. The highest BCUT2D eigenvalue weighted by Gasteiger charge is 2.24. The first kappa shape index (κ1) is 16.0. The minimum absolute atomic E-state index is 0.0501. The normalized spacial score (nSPS) is 14.2. The van der Waals surface area contributed by atoms with E-state index in [4.69, 9.17) is 4.74 Å². The molecule has 2 aromatic rings. The third-order valence-electron chi connectivity index (χ3n) is 3.29. The molecule has 0 spiro atoms. The lowest BCUT2D eigenvalue weighted by Crippen LogP contribution is -2.24. The molecule has 0 aliphatic heterocycles. The Labute approximate surface area is 129 Å². The number of nitrogens with zero attached hydrogens (tertiary/aromatic N) is 3. The first-order valence-corrected chi connectivity index (χ1v) is 7.10. The Morgan fingerprint density at radius 2 is 2.23 bits per heavy atom. The van der Waals surface area contributed by atoms with Crippen molar-refractivity contribution in [2.75, 3.05) is 13.2 Å². The maximum atomic E-state index is 10.4. The maximum absolute atomic E-state index is 10.4. The van der Waals surface area contributed by atoms with Gasteiger partial charge >= 0.3 is 0 Å². The molecule has 1 aromatic carbocycles. The lowest BCUT2D eigenvalue weighted by atomic mass is 10.00. The second-order valence-electron chi connectivity index (χ2n) is 5.27. The van der Waals surface area contributed by atoms with E-state index >= 15 is 0 Å². The van der Waals surface area contributed by atoms with Crippen LogP contribution >= 0.6 is 0 Å². The van der Waals surface area contributed by atoms with Gasteiger partial charge in [-0.2, -0.15) is 5.10 Å². The number of aromatic hydroxyl groups is 1. The second kappa shape index (κ2) is 6.62. The number of benzene rings is 1. The Balaban J connectivity index is 2.11. The zero-order chi connectivity index (χ0) is 16.2. The van der Waals surface area contributed by atoms with Gasteiger partial charge in [-0.1, -0.05) is 6.07 Å². The van der Waals surface area contributed by atoms with Crippen molar-refractivity contribution in [3.8, 4) is 11.5 Å². The van der Waals surface area contributed by atoms with Crippen LogP contribution in [0.2, 0.25) is 0 Å². The van der Waals surface area contributed by atoms with E-state index in [9.17, 15) is 10.2 Å². The Hall–Kier alpha value is -2.34. The number of phenolic OH excluding ortho intramolecular Hbond substituents is 1. The van der Waals surface area contributed by atoms with Crippen molar-refractivity contribution in [1.82, 2.24) is 9.78 Å². The van der Waals surface area contributed by atoms with Crippen LogP contribution in [-0.2, 0) is 12.6 Å². The highest BCUT2D eigenvalue weighted by molar-refractivity contribution is 5.84. The van der Waals surface area contributed by atoms with Crippen molar-refractivity contribution < 1.29 is 14.9 Å². The van der Waals surface area contributed by atoms with Gasteiger partial charge in [-0.25, -0.2) is 0 Å². The molecule has 6 nitrogen and oxygen atoms in total. The Morgan fingerprint density at radius 1 is 1.45 bits per heavy atom. The molecule has 0 aliphatic carbocycles. The summed E-state index contributed by atoms with van der Waals surface area (Å²) in [6.07, 6.45) is 4.90. The predicted molar refractivity (Wildman–Crippen MR) is 84.5 cm³/mol. The van der Waals surface area contributed by atoms with Crippen LogP contribution in [-0.4, -0.2) is 39.4 Å². The fourth-order valence-electron chi connectivity index (χ4n) is 2.03. The molecular formula is C16H21N3O3.